The molecule has 0 radical (unpaired) electrons. The van der Waals surface area contributed by atoms with Crippen molar-refractivity contribution in [1.29, 1.82) is 5.41 Å². The second kappa shape index (κ2) is 8.00. The lowest BCUT2D eigenvalue weighted by atomic mass is 9.86. The standard InChI is InChI=1S/C27H22BrN2/c28-21-14-16-22(17-15-21)30-26(20-10-5-2-6-11-20)18-24(19-8-3-1-4-9-19)23-12-7-13-25(29)27(23)30/h1-6,8-11,14-18,29H,7,12-13H2/q+1. The van der Waals surface area contributed by atoms with Gasteiger partial charge in [0.15, 0.2) is 0 Å². The summed E-state index contributed by atoms with van der Waals surface area (Å²) >= 11 is 3.56. The quantitative estimate of drug-likeness (QED) is 0.331. The Kier molecular flexibility index (Phi) is 5.06. The Morgan fingerprint density at radius 2 is 1.37 bits per heavy atom. The summed E-state index contributed by atoms with van der Waals surface area (Å²) in [7, 11) is 0. The van der Waals surface area contributed by atoms with Gasteiger partial charge in [0, 0.05) is 33.8 Å². The highest BCUT2D eigenvalue weighted by Crippen LogP contribution is 2.34. The molecule has 30 heavy (non-hydrogen) atoms. The first-order valence-corrected chi connectivity index (χ1v) is 11.1. The molecule has 0 atom stereocenters. The number of nitrogens with one attached hydrogen (secondary N) is 1. The van der Waals surface area contributed by atoms with Gasteiger partial charge in [-0.15, -0.1) is 0 Å². The fourth-order valence-corrected chi connectivity index (χ4v) is 4.62. The van der Waals surface area contributed by atoms with Crippen LogP contribution in [0.4, 0.5) is 0 Å². The summed E-state index contributed by atoms with van der Waals surface area (Å²) < 4.78 is 3.34. The molecular weight excluding hydrogens is 432 g/mol. The van der Waals surface area contributed by atoms with Crippen molar-refractivity contribution in [3.8, 4) is 28.1 Å². The maximum atomic E-state index is 8.89. The SMILES string of the molecule is N=C1CCCc2c(-c3ccccc3)cc(-c3ccccc3)[n+](-c3ccc(Br)cc3)c21. The topological polar surface area (TPSA) is 27.7 Å². The molecule has 1 N–H and O–H groups in total. The Labute approximate surface area is 185 Å². The van der Waals surface area contributed by atoms with E-state index in [2.05, 4.69) is 105 Å². The van der Waals surface area contributed by atoms with Crippen molar-refractivity contribution in [3.63, 3.8) is 0 Å². The van der Waals surface area contributed by atoms with Crippen LogP contribution in [0.25, 0.3) is 28.1 Å². The van der Waals surface area contributed by atoms with E-state index in [1.54, 1.807) is 0 Å². The van der Waals surface area contributed by atoms with Gasteiger partial charge in [0.25, 0.3) is 0 Å². The number of rotatable bonds is 3. The van der Waals surface area contributed by atoms with Crippen LogP contribution in [0.1, 0.15) is 24.1 Å². The van der Waals surface area contributed by atoms with Gasteiger partial charge in [0.05, 0.1) is 0 Å². The molecule has 146 valence electrons. The van der Waals surface area contributed by atoms with Gasteiger partial charge < -0.3 is 0 Å². The summed E-state index contributed by atoms with van der Waals surface area (Å²) in [6, 6.07) is 31.8. The van der Waals surface area contributed by atoms with Gasteiger partial charge in [-0.1, -0.05) is 64.5 Å². The van der Waals surface area contributed by atoms with E-state index in [1.165, 1.54) is 16.7 Å². The molecule has 0 saturated carbocycles. The Bertz CT molecular complexity index is 1210. The normalized spacial score (nSPS) is 13.2. The van der Waals surface area contributed by atoms with E-state index < -0.39 is 0 Å². The van der Waals surface area contributed by atoms with Gasteiger partial charge in [-0.3, -0.25) is 5.41 Å². The molecule has 1 heterocycles. The monoisotopic (exact) mass is 453 g/mol. The number of benzene rings is 3. The van der Waals surface area contributed by atoms with Crippen LogP contribution in [-0.4, -0.2) is 5.71 Å². The molecule has 1 aromatic heterocycles. The van der Waals surface area contributed by atoms with Crippen LogP contribution >= 0.6 is 15.9 Å². The van der Waals surface area contributed by atoms with Gasteiger partial charge in [-0.2, -0.15) is 4.57 Å². The molecule has 0 aliphatic heterocycles. The number of nitrogens with zero attached hydrogens (tertiary/aromatic N) is 1. The van der Waals surface area contributed by atoms with E-state index in [-0.39, 0.29) is 0 Å². The number of hydrogen-bond acceptors (Lipinski definition) is 1. The molecule has 0 fully saturated rings. The highest BCUT2D eigenvalue weighted by molar-refractivity contribution is 9.10. The first-order valence-electron chi connectivity index (χ1n) is 10.3. The first-order chi connectivity index (χ1) is 14.7. The van der Waals surface area contributed by atoms with Crippen LogP contribution in [-0.2, 0) is 6.42 Å². The smallest absolute Gasteiger partial charge is 0.236 e. The Balaban J connectivity index is 1.89. The molecule has 0 saturated heterocycles. The molecule has 0 bridgehead atoms. The molecule has 3 heteroatoms. The maximum Gasteiger partial charge on any atom is 0.236 e. The summed E-state index contributed by atoms with van der Waals surface area (Å²) in [4.78, 5) is 0. The van der Waals surface area contributed by atoms with E-state index in [1.807, 2.05) is 6.07 Å². The van der Waals surface area contributed by atoms with Crippen molar-refractivity contribution in [2.45, 2.75) is 19.3 Å². The summed E-state index contributed by atoms with van der Waals surface area (Å²) in [6.07, 6.45) is 2.83. The molecule has 2 nitrogen and oxygen atoms in total. The zero-order chi connectivity index (χ0) is 20.5. The zero-order valence-corrected chi connectivity index (χ0v) is 18.2. The van der Waals surface area contributed by atoms with E-state index in [4.69, 9.17) is 5.41 Å². The highest BCUT2D eigenvalue weighted by atomic mass is 79.9. The fraction of sp³-hybridized carbons (Fsp3) is 0.111. The third-order valence-electron chi connectivity index (χ3n) is 5.74. The third kappa shape index (κ3) is 3.40. The molecular formula is C27H22BrN2+. The second-order valence-electron chi connectivity index (χ2n) is 7.65. The molecule has 3 aromatic carbocycles. The lowest BCUT2D eigenvalue weighted by molar-refractivity contribution is -0.586. The number of fused-ring (bicyclic) bond motifs is 1. The Hall–Kier alpha value is -3.04. The number of pyridine rings is 1. The lowest BCUT2D eigenvalue weighted by Gasteiger charge is -2.21. The van der Waals surface area contributed by atoms with Crippen LogP contribution in [0.3, 0.4) is 0 Å². The van der Waals surface area contributed by atoms with Crippen LogP contribution in [0, 0.1) is 5.41 Å². The minimum Gasteiger partial charge on any atom is -0.299 e. The maximum absolute atomic E-state index is 8.89. The van der Waals surface area contributed by atoms with Crippen LogP contribution in [0.5, 0.6) is 0 Å². The number of halogens is 1. The average Bonchev–Trinajstić information content (AvgIpc) is 2.80. The van der Waals surface area contributed by atoms with E-state index in [9.17, 15) is 0 Å². The van der Waals surface area contributed by atoms with Crippen molar-refractivity contribution in [1.82, 2.24) is 0 Å². The Morgan fingerprint density at radius 1 is 0.733 bits per heavy atom. The van der Waals surface area contributed by atoms with Crippen molar-refractivity contribution in [3.05, 3.63) is 107 Å². The van der Waals surface area contributed by atoms with E-state index in [0.29, 0.717) is 5.71 Å². The molecule has 0 amide bonds. The van der Waals surface area contributed by atoms with Gasteiger partial charge in [-0.25, -0.2) is 0 Å². The summed E-state index contributed by atoms with van der Waals surface area (Å²) in [5.41, 5.74) is 8.84. The summed E-state index contributed by atoms with van der Waals surface area (Å²) in [6.45, 7) is 0. The molecule has 0 spiro atoms. The van der Waals surface area contributed by atoms with Crippen molar-refractivity contribution in [2.75, 3.05) is 0 Å². The highest BCUT2D eigenvalue weighted by Gasteiger charge is 2.33. The summed E-state index contributed by atoms with van der Waals surface area (Å²) in [5, 5.41) is 8.89. The third-order valence-corrected chi connectivity index (χ3v) is 6.26. The van der Waals surface area contributed by atoms with Crippen molar-refractivity contribution < 1.29 is 4.57 Å². The van der Waals surface area contributed by atoms with Crippen LogP contribution in [0.15, 0.2) is 95.5 Å². The first kappa shape index (κ1) is 19.0. The van der Waals surface area contributed by atoms with Crippen molar-refractivity contribution in [2.24, 2.45) is 0 Å². The van der Waals surface area contributed by atoms with Gasteiger partial charge in [0.2, 0.25) is 17.1 Å². The van der Waals surface area contributed by atoms with E-state index in [0.717, 1.165) is 46.4 Å². The minimum absolute atomic E-state index is 0.717. The minimum atomic E-state index is 0.717. The molecule has 5 rings (SSSR count). The molecule has 1 aliphatic carbocycles. The second-order valence-corrected chi connectivity index (χ2v) is 8.56. The molecule has 0 unspecified atom stereocenters. The number of aromatic nitrogens is 1. The molecule has 1 aliphatic rings. The van der Waals surface area contributed by atoms with Gasteiger partial charge >= 0.3 is 0 Å². The lowest BCUT2D eigenvalue weighted by Crippen LogP contribution is -2.43. The predicted octanol–water partition coefficient (Wildman–Crippen LogP) is 6.76. The average molecular weight is 454 g/mol. The zero-order valence-electron chi connectivity index (χ0n) is 16.6. The van der Waals surface area contributed by atoms with Crippen LogP contribution in [0.2, 0.25) is 0 Å². The fourth-order valence-electron chi connectivity index (χ4n) is 4.36. The van der Waals surface area contributed by atoms with Gasteiger partial charge in [-0.05, 0) is 54.7 Å². The predicted molar refractivity (Wildman–Crippen MR) is 126 cm³/mol. The Morgan fingerprint density at radius 3 is 2.03 bits per heavy atom. The number of hydrogen-bond donors (Lipinski definition) is 1. The van der Waals surface area contributed by atoms with Gasteiger partial charge in [0.1, 0.15) is 5.71 Å². The largest absolute Gasteiger partial charge is 0.299 e. The van der Waals surface area contributed by atoms with Crippen LogP contribution < -0.4 is 4.57 Å². The molecule has 4 aromatic rings. The van der Waals surface area contributed by atoms with Crippen molar-refractivity contribution >= 4 is 21.6 Å². The summed E-state index contributed by atoms with van der Waals surface area (Å²) in [5.74, 6) is 0. The van der Waals surface area contributed by atoms with E-state index >= 15 is 0 Å².